The number of methoxy groups -OCH3 is 1. The van der Waals surface area contributed by atoms with E-state index in [2.05, 4.69) is 20.2 Å². The van der Waals surface area contributed by atoms with Crippen molar-refractivity contribution in [1.82, 2.24) is 9.97 Å². The molecule has 1 amide bonds. The average Bonchev–Trinajstić information content (AvgIpc) is 3.15. The zero-order valence-corrected chi connectivity index (χ0v) is 13.6. The van der Waals surface area contributed by atoms with Crippen molar-refractivity contribution in [3.8, 4) is 11.5 Å². The van der Waals surface area contributed by atoms with Crippen molar-refractivity contribution >= 4 is 17.5 Å². The fourth-order valence-corrected chi connectivity index (χ4v) is 2.59. The van der Waals surface area contributed by atoms with Gasteiger partial charge in [-0.2, -0.15) is 0 Å². The van der Waals surface area contributed by atoms with Gasteiger partial charge in [0.1, 0.15) is 18.0 Å². The molecule has 24 heavy (non-hydrogen) atoms. The van der Waals surface area contributed by atoms with E-state index < -0.39 is 0 Å². The maximum absolute atomic E-state index is 12.1. The molecule has 1 aliphatic rings. The highest BCUT2D eigenvalue weighted by Gasteiger charge is 2.15. The Hall–Kier alpha value is -2.83. The molecule has 1 N–H and O–H groups in total. The number of rotatable bonds is 6. The lowest BCUT2D eigenvalue weighted by Gasteiger charge is -2.16. The quantitative estimate of drug-likeness (QED) is 0.875. The fourth-order valence-electron chi connectivity index (χ4n) is 2.59. The summed E-state index contributed by atoms with van der Waals surface area (Å²) in [6.07, 6.45) is 3.79. The van der Waals surface area contributed by atoms with Crippen molar-refractivity contribution in [2.75, 3.05) is 37.0 Å². The molecule has 0 unspecified atom stereocenters. The number of benzene rings is 1. The number of hydrogen-bond acceptors (Lipinski definition) is 6. The number of aromatic nitrogens is 2. The third-order valence-corrected chi connectivity index (χ3v) is 3.78. The van der Waals surface area contributed by atoms with Crippen LogP contribution < -0.4 is 19.7 Å². The second-order valence-electron chi connectivity index (χ2n) is 5.44. The van der Waals surface area contributed by atoms with E-state index in [0.717, 1.165) is 18.9 Å². The second-order valence-corrected chi connectivity index (χ2v) is 5.44. The minimum Gasteiger partial charge on any atom is -0.493 e. The summed E-state index contributed by atoms with van der Waals surface area (Å²) >= 11 is 0. The van der Waals surface area contributed by atoms with Gasteiger partial charge in [-0.3, -0.25) is 4.79 Å². The first-order chi connectivity index (χ1) is 11.8. The van der Waals surface area contributed by atoms with Gasteiger partial charge in [0.15, 0.2) is 18.1 Å². The summed E-state index contributed by atoms with van der Waals surface area (Å²) in [4.78, 5) is 22.6. The first-order valence-electron chi connectivity index (χ1n) is 7.89. The van der Waals surface area contributed by atoms with Crippen molar-refractivity contribution in [2.24, 2.45) is 0 Å². The Morgan fingerprint density at radius 3 is 2.71 bits per heavy atom. The smallest absolute Gasteiger partial charge is 0.263 e. The molecule has 1 aliphatic heterocycles. The van der Waals surface area contributed by atoms with Gasteiger partial charge in [0.25, 0.3) is 5.91 Å². The van der Waals surface area contributed by atoms with Gasteiger partial charge >= 0.3 is 0 Å². The Morgan fingerprint density at radius 1 is 1.21 bits per heavy atom. The maximum atomic E-state index is 12.1. The predicted molar refractivity (Wildman–Crippen MR) is 90.6 cm³/mol. The van der Waals surface area contributed by atoms with Gasteiger partial charge in [-0.05, 0) is 25.0 Å². The summed E-state index contributed by atoms with van der Waals surface area (Å²) in [7, 11) is 1.56. The maximum Gasteiger partial charge on any atom is 0.263 e. The lowest BCUT2D eigenvalue weighted by molar-refractivity contribution is -0.118. The van der Waals surface area contributed by atoms with Gasteiger partial charge in [0.05, 0.1) is 7.11 Å². The number of nitrogens with zero attached hydrogens (tertiary/aromatic N) is 3. The summed E-state index contributed by atoms with van der Waals surface area (Å²) < 4.78 is 10.7. The molecular weight excluding hydrogens is 308 g/mol. The van der Waals surface area contributed by atoms with Gasteiger partial charge in [-0.25, -0.2) is 9.97 Å². The van der Waals surface area contributed by atoms with E-state index in [0.29, 0.717) is 17.3 Å². The first-order valence-corrected chi connectivity index (χ1v) is 7.89. The monoisotopic (exact) mass is 328 g/mol. The highest BCUT2D eigenvalue weighted by molar-refractivity contribution is 5.91. The van der Waals surface area contributed by atoms with Crippen LogP contribution >= 0.6 is 0 Å². The van der Waals surface area contributed by atoms with Crippen LogP contribution in [0.4, 0.5) is 11.6 Å². The summed E-state index contributed by atoms with van der Waals surface area (Å²) in [5, 5.41) is 2.73. The van der Waals surface area contributed by atoms with Crippen LogP contribution in [0.2, 0.25) is 0 Å². The number of amides is 1. The zero-order valence-electron chi connectivity index (χ0n) is 13.6. The third kappa shape index (κ3) is 3.92. The van der Waals surface area contributed by atoms with Crippen molar-refractivity contribution in [3.05, 3.63) is 36.7 Å². The molecule has 1 fully saturated rings. The van der Waals surface area contributed by atoms with Gasteiger partial charge in [0, 0.05) is 19.2 Å². The number of carbonyl (C=O) groups excluding carboxylic acids is 1. The summed E-state index contributed by atoms with van der Waals surface area (Å²) in [6, 6.07) is 8.98. The average molecular weight is 328 g/mol. The van der Waals surface area contributed by atoms with Crippen LogP contribution in [0.3, 0.4) is 0 Å². The van der Waals surface area contributed by atoms with E-state index in [1.807, 2.05) is 12.1 Å². The van der Waals surface area contributed by atoms with Crippen molar-refractivity contribution in [3.63, 3.8) is 0 Å². The number of carbonyl (C=O) groups is 1. The number of hydrogen-bond donors (Lipinski definition) is 1. The van der Waals surface area contributed by atoms with Crippen LogP contribution in [0.1, 0.15) is 12.8 Å². The van der Waals surface area contributed by atoms with E-state index >= 15 is 0 Å². The molecule has 2 heterocycles. The molecule has 126 valence electrons. The third-order valence-electron chi connectivity index (χ3n) is 3.78. The number of ether oxygens (including phenoxy) is 2. The molecule has 7 heteroatoms. The Morgan fingerprint density at radius 2 is 1.96 bits per heavy atom. The molecule has 1 aromatic heterocycles. The normalized spacial score (nSPS) is 13.6. The lowest BCUT2D eigenvalue weighted by Crippen LogP contribution is -2.22. The van der Waals surface area contributed by atoms with Gasteiger partial charge in [-0.1, -0.05) is 12.1 Å². The van der Waals surface area contributed by atoms with Crippen LogP contribution in [-0.4, -0.2) is 42.7 Å². The van der Waals surface area contributed by atoms with E-state index in [1.165, 1.54) is 19.2 Å². The Bertz CT molecular complexity index is 702. The van der Waals surface area contributed by atoms with Gasteiger partial charge < -0.3 is 19.7 Å². The van der Waals surface area contributed by atoms with E-state index in [9.17, 15) is 4.79 Å². The SMILES string of the molecule is COc1ccccc1OCC(=O)Nc1cc(N2CCCC2)ncn1. The summed E-state index contributed by atoms with van der Waals surface area (Å²) in [5.41, 5.74) is 0. The highest BCUT2D eigenvalue weighted by Crippen LogP contribution is 2.25. The van der Waals surface area contributed by atoms with Crippen LogP contribution in [0.15, 0.2) is 36.7 Å². The Kier molecular flexibility index (Phi) is 5.10. The molecule has 2 aromatic rings. The Labute approximate surface area is 140 Å². The number of nitrogens with one attached hydrogen (secondary N) is 1. The van der Waals surface area contributed by atoms with Gasteiger partial charge in [-0.15, -0.1) is 0 Å². The molecule has 1 aromatic carbocycles. The van der Waals surface area contributed by atoms with E-state index in [4.69, 9.17) is 9.47 Å². The second kappa shape index (κ2) is 7.63. The Balaban J connectivity index is 1.57. The first kappa shape index (κ1) is 16.0. The molecule has 7 nitrogen and oxygen atoms in total. The zero-order chi connectivity index (χ0) is 16.8. The standard InChI is InChI=1S/C17H20N4O3/c1-23-13-6-2-3-7-14(13)24-11-17(22)20-15-10-16(19-12-18-15)21-8-4-5-9-21/h2-3,6-7,10,12H,4-5,8-9,11H2,1H3,(H,18,19,20,22). The molecule has 0 aliphatic carbocycles. The number of anilines is 2. The molecule has 0 bridgehead atoms. The van der Waals surface area contributed by atoms with E-state index in [1.54, 1.807) is 25.3 Å². The lowest BCUT2D eigenvalue weighted by atomic mass is 10.3. The van der Waals surface area contributed by atoms with Crippen LogP contribution in [0.25, 0.3) is 0 Å². The van der Waals surface area contributed by atoms with Crippen molar-refractivity contribution < 1.29 is 14.3 Å². The van der Waals surface area contributed by atoms with E-state index in [-0.39, 0.29) is 12.5 Å². The van der Waals surface area contributed by atoms with Crippen molar-refractivity contribution in [1.29, 1.82) is 0 Å². The number of para-hydroxylation sites is 2. The van der Waals surface area contributed by atoms with Crippen LogP contribution in [0, 0.1) is 0 Å². The molecular formula is C17H20N4O3. The summed E-state index contributed by atoms with van der Waals surface area (Å²) in [6.45, 7) is 1.85. The fraction of sp³-hybridized carbons (Fsp3) is 0.353. The predicted octanol–water partition coefficient (Wildman–Crippen LogP) is 2.10. The molecule has 0 saturated carbocycles. The minimum atomic E-state index is -0.285. The van der Waals surface area contributed by atoms with Gasteiger partial charge in [0.2, 0.25) is 0 Å². The molecule has 1 saturated heterocycles. The molecule has 3 rings (SSSR count). The highest BCUT2D eigenvalue weighted by atomic mass is 16.5. The van der Waals surface area contributed by atoms with Crippen LogP contribution in [-0.2, 0) is 4.79 Å². The van der Waals surface area contributed by atoms with Crippen molar-refractivity contribution in [2.45, 2.75) is 12.8 Å². The van der Waals surface area contributed by atoms with Crippen LogP contribution in [0.5, 0.6) is 11.5 Å². The summed E-state index contributed by atoms with van der Waals surface area (Å²) in [5.74, 6) is 2.13. The molecule has 0 spiro atoms. The minimum absolute atomic E-state index is 0.122. The largest absolute Gasteiger partial charge is 0.493 e. The molecule has 0 radical (unpaired) electrons. The molecule has 0 atom stereocenters. The topological polar surface area (TPSA) is 76.6 Å².